The summed E-state index contributed by atoms with van der Waals surface area (Å²) in [5, 5.41) is 23.5. The van der Waals surface area contributed by atoms with Crippen molar-refractivity contribution >= 4 is 0 Å². The predicted octanol–water partition coefficient (Wildman–Crippen LogP) is 2.38. The van der Waals surface area contributed by atoms with E-state index in [1.165, 1.54) is 21.6 Å². The van der Waals surface area contributed by atoms with Crippen molar-refractivity contribution in [2.24, 2.45) is 0 Å². The van der Waals surface area contributed by atoms with Gasteiger partial charge in [-0.1, -0.05) is 30.3 Å². The van der Waals surface area contributed by atoms with Crippen molar-refractivity contribution in [2.75, 3.05) is 0 Å². The molecule has 2 heterocycles. The van der Waals surface area contributed by atoms with E-state index in [-0.39, 0.29) is 6.54 Å². The van der Waals surface area contributed by atoms with Crippen LogP contribution in [0, 0.1) is 0 Å². The highest BCUT2D eigenvalue weighted by atomic mass is 19.4. The summed E-state index contributed by atoms with van der Waals surface area (Å²) in [5.74, 6) is 0.802. The minimum Gasteiger partial charge on any atom is -0.195 e. The molecule has 0 N–H and O–H groups in total. The van der Waals surface area contributed by atoms with Crippen LogP contribution in [0.3, 0.4) is 0 Å². The summed E-state index contributed by atoms with van der Waals surface area (Å²) < 4.78 is 39.4. The fraction of sp³-hybridized carbons (Fsp3) is 0.125. The van der Waals surface area contributed by atoms with E-state index in [0.717, 1.165) is 17.7 Å². The van der Waals surface area contributed by atoms with Gasteiger partial charge in [0.15, 0.2) is 5.82 Å². The van der Waals surface area contributed by atoms with E-state index in [1.807, 2.05) is 30.3 Å². The Balaban J connectivity index is 1.57. The molecule has 4 aromatic rings. The average molecular weight is 372 g/mol. The van der Waals surface area contributed by atoms with Gasteiger partial charge in [0.1, 0.15) is 6.54 Å². The second-order valence-electron chi connectivity index (χ2n) is 5.56. The van der Waals surface area contributed by atoms with Crippen molar-refractivity contribution in [3.8, 4) is 17.1 Å². The zero-order valence-electron chi connectivity index (χ0n) is 13.6. The largest absolute Gasteiger partial charge is 0.416 e. The van der Waals surface area contributed by atoms with Crippen LogP contribution in [0.15, 0.2) is 54.6 Å². The molecule has 0 aliphatic rings. The van der Waals surface area contributed by atoms with Gasteiger partial charge in [-0.15, -0.1) is 15.3 Å². The van der Waals surface area contributed by atoms with E-state index >= 15 is 0 Å². The molecule has 2 aromatic carbocycles. The third-order valence-corrected chi connectivity index (χ3v) is 3.74. The van der Waals surface area contributed by atoms with Crippen LogP contribution in [0.4, 0.5) is 13.2 Å². The quantitative estimate of drug-likeness (QED) is 0.547. The van der Waals surface area contributed by atoms with Gasteiger partial charge in [-0.2, -0.15) is 22.6 Å². The Morgan fingerprint density at radius 3 is 2.30 bits per heavy atom. The second-order valence-corrected chi connectivity index (χ2v) is 5.56. The molecule has 4 rings (SSSR count). The number of hydrogen-bond donors (Lipinski definition) is 0. The molecule has 27 heavy (non-hydrogen) atoms. The maximum absolute atomic E-state index is 12.7. The van der Waals surface area contributed by atoms with Crippen LogP contribution in [-0.2, 0) is 12.7 Å². The Labute approximate surface area is 150 Å². The van der Waals surface area contributed by atoms with Gasteiger partial charge in [-0.25, -0.2) is 0 Å². The molecule has 0 atom stereocenters. The van der Waals surface area contributed by atoms with Gasteiger partial charge in [-0.05, 0) is 39.9 Å². The first-order valence-corrected chi connectivity index (χ1v) is 7.79. The lowest BCUT2D eigenvalue weighted by Gasteiger charge is -2.08. The van der Waals surface area contributed by atoms with Crippen LogP contribution in [-0.4, -0.2) is 40.4 Å². The van der Waals surface area contributed by atoms with Crippen LogP contribution in [0.1, 0.15) is 11.4 Å². The minimum absolute atomic E-state index is 0.105. The van der Waals surface area contributed by atoms with Crippen molar-refractivity contribution in [3.63, 3.8) is 0 Å². The molecular formula is C16H11F3N8. The maximum Gasteiger partial charge on any atom is 0.416 e. The van der Waals surface area contributed by atoms with Crippen LogP contribution >= 0.6 is 0 Å². The Bertz CT molecular complexity index is 1040. The van der Waals surface area contributed by atoms with Crippen molar-refractivity contribution in [1.82, 2.24) is 40.4 Å². The van der Waals surface area contributed by atoms with Crippen LogP contribution in [0.2, 0.25) is 0 Å². The SMILES string of the molecule is FC(F)(F)c1ccc(-n2nnnc2Cn2nnc(-c3ccccc3)n2)cc1. The van der Waals surface area contributed by atoms with E-state index < -0.39 is 11.7 Å². The highest BCUT2D eigenvalue weighted by Gasteiger charge is 2.30. The highest BCUT2D eigenvalue weighted by Crippen LogP contribution is 2.29. The molecule has 136 valence electrons. The molecule has 0 radical (unpaired) electrons. The highest BCUT2D eigenvalue weighted by molar-refractivity contribution is 5.52. The second kappa shape index (κ2) is 6.59. The Morgan fingerprint density at radius 2 is 1.59 bits per heavy atom. The summed E-state index contributed by atoms with van der Waals surface area (Å²) in [6, 6.07) is 13.9. The smallest absolute Gasteiger partial charge is 0.195 e. The lowest BCUT2D eigenvalue weighted by molar-refractivity contribution is -0.137. The molecular weight excluding hydrogens is 361 g/mol. The molecule has 0 saturated carbocycles. The van der Waals surface area contributed by atoms with E-state index in [4.69, 9.17) is 0 Å². The van der Waals surface area contributed by atoms with E-state index in [2.05, 4.69) is 30.9 Å². The van der Waals surface area contributed by atoms with Crippen molar-refractivity contribution in [2.45, 2.75) is 12.7 Å². The number of aromatic nitrogens is 8. The molecule has 2 aromatic heterocycles. The topological polar surface area (TPSA) is 87.2 Å². The van der Waals surface area contributed by atoms with E-state index in [1.54, 1.807) is 0 Å². The molecule has 0 saturated heterocycles. The first-order chi connectivity index (χ1) is 13.0. The van der Waals surface area contributed by atoms with Gasteiger partial charge >= 0.3 is 6.18 Å². The number of nitrogens with zero attached hydrogens (tertiary/aromatic N) is 8. The van der Waals surface area contributed by atoms with Gasteiger partial charge in [0.25, 0.3) is 0 Å². The van der Waals surface area contributed by atoms with Crippen LogP contribution in [0.25, 0.3) is 17.1 Å². The molecule has 0 unspecified atom stereocenters. The van der Waals surface area contributed by atoms with Crippen molar-refractivity contribution < 1.29 is 13.2 Å². The summed E-state index contributed by atoms with van der Waals surface area (Å²) in [7, 11) is 0. The summed E-state index contributed by atoms with van der Waals surface area (Å²) in [6.45, 7) is 0.105. The number of rotatable bonds is 4. The van der Waals surface area contributed by atoms with Gasteiger partial charge in [-0.3, -0.25) is 0 Å². The molecule has 0 spiro atoms. The monoisotopic (exact) mass is 372 g/mol. The van der Waals surface area contributed by atoms with Crippen LogP contribution < -0.4 is 0 Å². The van der Waals surface area contributed by atoms with Gasteiger partial charge in [0.05, 0.1) is 11.3 Å². The van der Waals surface area contributed by atoms with E-state index in [0.29, 0.717) is 17.3 Å². The minimum atomic E-state index is -4.40. The summed E-state index contributed by atoms with van der Waals surface area (Å²) in [4.78, 5) is 1.31. The molecule has 0 aliphatic heterocycles. The third kappa shape index (κ3) is 3.52. The fourth-order valence-corrected chi connectivity index (χ4v) is 2.44. The van der Waals surface area contributed by atoms with Gasteiger partial charge in [0, 0.05) is 5.56 Å². The fourth-order valence-electron chi connectivity index (χ4n) is 2.44. The first-order valence-electron chi connectivity index (χ1n) is 7.79. The molecule has 8 nitrogen and oxygen atoms in total. The van der Waals surface area contributed by atoms with Crippen LogP contribution in [0.5, 0.6) is 0 Å². The Kier molecular flexibility index (Phi) is 4.11. The molecule has 0 aliphatic carbocycles. The van der Waals surface area contributed by atoms with Crippen molar-refractivity contribution in [1.29, 1.82) is 0 Å². The van der Waals surface area contributed by atoms with Gasteiger partial charge in [0.2, 0.25) is 5.82 Å². The van der Waals surface area contributed by atoms with E-state index in [9.17, 15) is 13.2 Å². The zero-order chi connectivity index (χ0) is 18.9. The first kappa shape index (κ1) is 16.8. The standard InChI is InChI=1S/C16H11F3N8/c17-16(18,19)12-6-8-13(9-7-12)27-14(20-23-25-27)10-26-22-15(21-24-26)11-4-2-1-3-5-11/h1-9H,10H2. The van der Waals surface area contributed by atoms with Crippen molar-refractivity contribution in [3.05, 3.63) is 66.0 Å². The number of halogens is 3. The molecule has 0 bridgehead atoms. The third-order valence-electron chi connectivity index (χ3n) is 3.74. The number of hydrogen-bond acceptors (Lipinski definition) is 6. The normalized spacial score (nSPS) is 11.7. The predicted molar refractivity (Wildman–Crippen MR) is 86.5 cm³/mol. The molecule has 0 fully saturated rings. The number of alkyl halides is 3. The Hall–Kier alpha value is -3.63. The average Bonchev–Trinajstić information content (AvgIpc) is 3.32. The summed E-state index contributed by atoms with van der Waals surface area (Å²) in [6.07, 6.45) is -4.40. The van der Waals surface area contributed by atoms with Gasteiger partial charge < -0.3 is 0 Å². The lowest BCUT2D eigenvalue weighted by atomic mass is 10.2. The molecule has 11 heteroatoms. The number of benzene rings is 2. The zero-order valence-corrected chi connectivity index (χ0v) is 13.6. The maximum atomic E-state index is 12.7. The Morgan fingerprint density at radius 1 is 0.852 bits per heavy atom. The summed E-state index contributed by atoms with van der Waals surface area (Å²) in [5.41, 5.74) is 0.462. The summed E-state index contributed by atoms with van der Waals surface area (Å²) >= 11 is 0. The number of tetrazole rings is 2. The lowest BCUT2D eigenvalue weighted by Crippen LogP contribution is -2.11. The molecule has 0 amide bonds.